The number of hydrogen-bond acceptors (Lipinski definition) is 3. The second kappa shape index (κ2) is 12.7. The van der Waals surface area contributed by atoms with Crippen LogP contribution in [0.25, 0.3) is 44.5 Å². The van der Waals surface area contributed by atoms with Gasteiger partial charge in [0.1, 0.15) is 0 Å². The fourth-order valence-electron chi connectivity index (χ4n) is 9.79. The smallest absolute Gasteiger partial charge is 0.178 e. The normalized spacial score (nSPS) is 13.2. The van der Waals surface area contributed by atoms with Crippen LogP contribution in [0.5, 0.6) is 23.0 Å². The number of benzene rings is 9. The lowest BCUT2D eigenvalue weighted by molar-refractivity contribution is 0.361. The minimum absolute atomic E-state index is 0.458. The number of nitrogens with zero attached hydrogens (tertiary/aromatic N) is 1. The Kier molecular flexibility index (Phi) is 7.14. The van der Waals surface area contributed by atoms with Gasteiger partial charge in [-0.05, 0) is 92.5 Å². The van der Waals surface area contributed by atoms with E-state index < -0.39 is 5.41 Å². The topological polar surface area (TPSA) is 21.7 Å². The summed E-state index contributed by atoms with van der Waals surface area (Å²) >= 11 is 0. The van der Waals surface area contributed by atoms with Crippen molar-refractivity contribution in [3.8, 4) is 67.5 Å². The zero-order valence-corrected chi connectivity index (χ0v) is 31.5. The van der Waals surface area contributed by atoms with Crippen molar-refractivity contribution in [2.45, 2.75) is 5.41 Å². The molecule has 12 rings (SSSR count). The van der Waals surface area contributed by atoms with Gasteiger partial charge in [0.25, 0.3) is 0 Å². The van der Waals surface area contributed by atoms with Gasteiger partial charge in [0.15, 0.2) is 23.0 Å². The van der Waals surface area contributed by atoms with Crippen LogP contribution >= 0.6 is 0 Å². The average molecular weight is 742 g/mol. The zero-order valence-electron chi connectivity index (χ0n) is 31.5. The summed E-state index contributed by atoms with van der Waals surface area (Å²) in [5.41, 5.74) is 17.1. The van der Waals surface area contributed by atoms with Crippen molar-refractivity contribution in [2.75, 3.05) is 4.90 Å². The van der Waals surface area contributed by atoms with Gasteiger partial charge >= 0.3 is 0 Å². The summed E-state index contributed by atoms with van der Waals surface area (Å²) in [6.07, 6.45) is 0. The van der Waals surface area contributed by atoms with Crippen molar-refractivity contribution >= 4 is 17.1 Å². The maximum Gasteiger partial charge on any atom is 0.178 e. The van der Waals surface area contributed by atoms with E-state index in [0.717, 1.165) is 62.1 Å². The molecular weight excluding hydrogens is 707 g/mol. The third-order valence-corrected chi connectivity index (χ3v) is 12.2. The van der Waals surface area contributed by atoms with Crippen LogP contribution in [0, 0.1) is 0 Å². The van der Waals surface area contributed by atoms with Crippen molar-refractivity contribution < 1.29 is 9.47 Å². The van der Waals surface area contributed by atoms with Gasteiger partial charge in [-0.1, -0.05) is 170 Å². The molecule has 2 aliphatic carbocycles. The summed E-state index contributed by atoms with van der Waals surface area (Å²) in [6.45, 7) is 0. The molecule has 0 fully saturated rings. The molecule has 0 amide bonds. The summed E-state index contributed by atoms with van der Waals surface area (Å²) in [7, 11) is 0. The SMILES string of the molecule is c1ccc(N(c2ccccc2)c2ccccc2-c2ccc(-c3cccc4c3Oc3c(ccc5c3-c3ccccc3C53c5ccccc5-c5ccccc53)O4)cc2)cc1. The summed E-state index contributed by atoms with van der Waals surface area (Å²) in [5, 5.41) is 0. The summed E-state index contributed by atoms with van der Waals surface area (Å²) in [6, 6.07) is 75.7. The number of anilines is 3. The van der Waals surface area contributed by atoms with Gasteiger partial charge in [0.2, 0.25) is 0 Å². The standard InChI is InChI=1S/C55H35NO2/c1-3-16-38(17-4-1)56(39-18-5-2-6-19-39)49-28-14-10-20-40(49)36-30-32-37(33-31-36)41-24-15-29-50-53(41)58-54-51(57-50)35-34-48-52(54)44-23-9-13-27-47(44)55(48)45-25-11-7-21-42(45)43-22-8-12-26-46(43)55/h1-35H. The molecule has 0 saturated carbocycles. The third kappa shape index (κ3) is 4.62. The molecule has 272 valence electrons. The Labute approximate surface area is 337 Å². The van der Waals surface area contributed by atoms with Crippen LogP contribution in [0.1, 0.15) is 22.3 Å². The van der Waals surface area contributed by atoms with Gasteiger partial charge in [-0.3, -0.25) is 0 Å². The molecule has 1 heterocycles. The van der Waals surface area contributed by atoms with Crippen LogP contribution in [0.15, 0.2) is 212 Å². The monoisotopic (exact) mass is 741 g/mol. The van der Waals surface area contributed by atoms with E-state index in [-0.39, 0.29) is 0 Å². The van der Waals surface area contributed by atoms with Crippen molar-refractivity contribution in [1.82, 2.24) is 0 Å². The van der Waals surface area contributed by atoms with Crippen molar-refractivity contribution in [2.24, 2.45) is 0 Å². The lowest BCUT2D eigenvalue weighted by Gasteiger charge is -2.31. The minimum atomic E-state index is -0.458. The molecule has 0 N–H and O–H groups in total. The Balaban J connectivity index is 0.962. The molecule has 9 aromatic rings. The highest BCUT2D eigenvalue weighted by atomic mass is 16.6. The van der Waals surface area contributed by atoms with Crippen LogP contribution in [0.4, 0.5) is 17.1 Å². The van der Waals surface area contributed by atoms with E-state index in [2.05, 4.69) is 205 Å². The van der Waals surface area contributed by atoms with Crippen LogP contribution in [0.2, 0.25) is 0 Å². The van der Waals surface area contributed by atoms with Gasteiger partial charge in [0.05, 0.1) is 11.1 Å². The quantitative estimate of drug-likeness (QED) is 0.175. The van der Waals surface area contributed by atoms with Crippen LogP contribution in [-0.4, -0.2) is 0 Å². The molecular formula is C55H35NO2. The highest BCUT2D eigenvalue weighted by Gasteiger charge is 2.53. The molecule has 3 nitrogen and oxygen atoms in total. The van der Waals surface area contributed by atoms with Crippen LogP contribution in [0.3, 0.4) is 0 Å². The Bertz CT molecular complexity index is 2980. The van der Waals surface area contributed by atoms with E-state index in [0.29, 0.717) is 5.75 Å². The number of rotatable bonds is 5. The van der Waals surface area contributed by atoms with E-state index in [1.807, 2.05) is 12.1 Å². The van der Waals surface area contributed by atoms with Crippen LogP contribution in [-0.2, 0) is 5.41 Å². The molecule has 3 aliphatic rings. The van der Waals surface area contributed by atoms with Gasteiger partial charge in [0, 0.05) is 28.1 Å². The molecule has 58 heavy (non-hydrogen) atoms. The molecule has 0 bridgehead atoms. The first-order valence-electron chi connectivity index (χ1n) is 19.8. The molecule has 9 aromatic carbocycles. The van der Waals surface area contributed by atoms with Gasteiger partial charge in [-0.15, -0.1) is 0 Å². The van der Waals surface area contributed by atoms with Gasteiger partial charge in [-0.2, -0.15) is 0 Å². The Morgan fingerprint density at radius 2 is 0.793 bits per heavy atom. The number of para-hydroxylation sites is 4. The number of ether oxygens (including phenoxy) is 2. The van der Waals surface area contributed by atoms with Crippen LogP contribution < -0.4 is 14.4 Å². The maximum absolute atomic E-state index is 7.17. The maximum atomic E-state index is 7.17. The average Bonchev–Trinajstić information content (AvgIpc) is 3.77. The Hall–Kier alpha value is -7.62. The highest BCUT2D eigenvalue weighted by molar-refractivity contribution is 5.98. The molecule has 1 aliphatic heterocycles. The first-order valence-corrected chi connectivity index (χ1v) is 19.8. The second-order valence-corrected chi connectivity index (χ2v) is 15.1. The largest absolute Gasteiger partial charge is 0.449 e. The van der Waals surface area contributed by atoms with E-state index in [1.165, 1.54) is 38.9 Å². The Morgan fingerprint density at radius 1 is 0.310 bits per heavy atom. The lowest BCUT2D eigenvalue weighted by atomic mass is 9.70. The van der Waals surface area contributed by atoms with E-state index >= 15 is 0 Å². The first kappa shape index (κ1) is 32.6. The summed E-state index contributed by atoms with van der Waals surface area (Å²) in [4.78, 5) is 2.32. The lowest BCUT2D eigenvalue weighted by Crippen LogP contribution is -2.25. The number of fused-ring (bicyclic) bond motifs is 13. The molecule has 3 heteroatoms. The Morgan fingerprint density at radius 3 is 1.43 bits per heavy atom. The summed E-state index contributed by atoms with van der Waals surface area (Å²) < 4.78 is 13.9. The predicted octanol–water partition coefficient (Wildman–Crippen LogP) is 14.7. The van der Waals surface area contributed by atoms with Gasteiger partial charge < -0.3 is 14.4 Å². The molecule has 0 radical (unpaired) electrons. The van der Waals surface area contributed by atoms with E-state index in [9.17, 15) is 0 Å². The molecule has 0 atom stereocenters. The fourth-order valence-corrected chi connectivity index (χ4v) is 9.79. The highest BCUT2D eigenvalue weighted by Crippen LogP contribution is 2.66. The molecule has 0 saturated heterocycles. The van der Waals surface area contributed by atoms with Crippen molar-refractivity contribution in [3.63, 3.8) is 0 Å². The molecule has 0 aromatic heterocycles. The van der Waals surface area contributed by atoms with Gasteiger partial charge in [-0.25, -0.2) is 0 Å². The molecule has 0 unspecified atom stereocenters. The fraction of sp³-hybridized carbons (Fsp3) is 0.0182. The van der Waals surface area contributed by atoms with Crippen molar-refractivity contribution in [3.05, 3.63) is 235 Å². The predicted molar refractivity (Wildman–Crippen MR) is 235 cm³/mol. The summed E-state index contributed by atoms with van der Waals surface area (Å²) in [5.74, 6) is 2.92. The zero-order chi connectivity index (χ0) is 38.2. The first-order chi connectivity index (χ1) is 28.8. The van der Waals surface area contributed by atoms with E-state index in [4.69, 9.17) is 9.47 Å². The third-order valence-electron chi connectivity index (χ3n) is 12.2. The minimum Gasteiger partial charge on any atom is -0.449 e. The van der Waals surface area contributed by atoms with E-state index in [1.54, 1.807) is 0 Å². The molecule has 1 spiro atoms. The van der Waals surface area contributed by atoms with Crippen molar-refractivity contribution in [1.29, 1.82) is 0 Å². The second-order valence-electron chi connectivity index (χ2n) is 15.1. The number of hydrogen-bond donors (Lipinski definition) is 0.